The monoisotopic (exact) mass is 245 g/mol. The topological polar surface area (TPSA) is 33.5 Å². The van der Waals surface area contributed by atoms with E-state index in [0.717, 1.165) is 12.0 Å². The molecule has 1 atom stereocenters. The molecule has 1 aromatic carbocycles. The molecule has 0 saturated carbocycles. The normalized spacial score (nSPS) is 18.5. The van der Waals surface area contributed by atoms with Crippen molar-refractivity contribution in [2.24, 2.45) is 0 Å². The van der Waals surface area contributed by atoms with Crippen LogP contribution < -0.4 is 0 Å². The maximum absolute atomic E-state index is 12.9. The van der Waals surface area contributed by atoms with Gasteiger partial charge in [-0.1, -0.05) is 12.1 Å². The smallest absolute Gasteiger partial charge is 0.290 e. The minimum atomic E-state index is -0.262. The fourth-order valence-corrected chi connectivity index (χ4v) is 2.20. The summed E-state index contributed by atoms with van der Waals surface area (Å²) in [5.41, 5.74) is 0.961. The van der Waals surface area contributed by atoms with Gasteiger partial charge in [-0.15, -0.1) is 0 Å². The highest BCUT2D eigenvalue weighted by molar-refractivity contribution is 5.92. The molecule has 1 fully saturated rings. The number of likely N-dealkylation sites (tertiary alicyclic amines) is 1. The summed E-state index contributed by atoms with van der Waals surface area (Å²) >= 11 is 0. The molecule has 0 bridgehead atoms. The predicted molar refractivity (Wildman–Crippen MR) is 63.5 cm³/mol. The molecule has 0 aliphatic carbocycles. The van der Waals surface area contributed by atoms with Crippen molar-refractivity contribution in [1.29, 1.82) is 0 Å². The highest BCUT2D eigenvalue weighted by Crippen LogP contribution is 2.34. The van der Waals surface area contributed by atoms with Gasteiger partial charge in [0.05, 0.1) is 12.3 Å². The van der Waals surface area contributed by atoms with Crippen molar-refractivity contribution >= 4 is 5.91 Å². The number of amides is 1. The lowest BCUT2D eigenvalue weighted by atomic mass is 9.94. The molecule has 1 unspecified atom stereocenters. The van der Waals surface area contributed by atoms with Gasteiger partial charge in [0, 0.05) is 6.54 Å². The van der Waals surface area contributed by atoms with Gasteiger partial charge in [0.2, 0.25) is 0 Å². The van der Waals surface area contributed by atoms with Crippen LogP contribution in [0, 0.1) is 5.82 Å². The molecule has 1 amide bonds. The summed E-state index contributed by atoms with van der Waals surface area (Å²) in [6, 6.07) is 9.67. The zero-order valence-electron chi connectivity index (χ0n) is 9.67. The number of rotatable bonds is 2. The molecule has 1 aliphatic heterocycles. The Morgan fingerprint density at radius 2 is 2.06 bits per heavy atom. The van der Waals surface area contributed by atoms with E-state index in [4.69, 9.17) is 4.42 Å². The highest BCUT2D eigenvalue weighted by Gasteiger charge is 2.34. The van der Waals surface area contributed by atoms with Crippen LogP contribution in [0.2, 0.25) is 0 Å². The first kappa shape index (κ1) is 11.0. The Labute approximate surface area is 104 Å². The van der Waals surface area contributed by atoms with Crippen molar-refractivity contribution in [1.82, 2.24) is 4.90 Å². The molecule has 1 saturated heterocycles. The number of carbonyl (C=O) groups is 1. The van der Waals surface area contributed by atoms with Crippen LogP contribution in [0.15, 0.2) is 47.1 Å². The van der Waals surface area contributed by atoms with E-state index in [-0.39, 0.29) is 17.8 Å². The Hall–Kier alpha value is -2.10. The Morgan fingerprint density at radius 3 is 2.61 bits per heavy atom. The fraction of sp³-hybridized carbons (Fsp3) is 0.214. The second-order valence-corrected chi connectivity index (χ2v) is 4.33. The highest BCUT2D eigenvalue weighted by atomic mass is 19.1. The molecule has 0 radical (unpaired) electrons. The second kappa shape index (κ2) is 4.29. The van der Waals surface area contributed by atoms with Crippen LogP contribution in [0.3, 0.4) is 0 Å². The minimum absolute atomic E-state index is 0.0307. The first-order valence-corrected chi connectivity index (χ1v) is 5.85. The first-order chi connectivity index (χ1) is 8.75. The van der Waals surface area contributed by atoms with Crippen molar-refractivity contribution in [3.8, 4) is 0 Å². The molecule has 1 aliphatic rings. The molecule has 0 spiro atoms. The van der Waals surface area contributed by atoms with Crippen LogP contribution in [0.1, 0.15) is 28.6 Å². The van der Waals surface area contributed by atoms with Gasteiger partial charge in [-0.2, -0.15) is 0 Å². The number of carbonyl (C=O) groups excluding carboxylic acids is 1. The number of hydrogen-bond acceptors (Lipinski definition) is 2. The van der Waals surface area contributed by atoms with E-state index < -0.39 is 0 Å². The summed E-state index contributed by atoms with van der Waals surface area (Å²) in [6.07, 6.45) is 2.39. The summed E-state index contributed by atoms with van der Waals surface area (Å²) in [6.45, 7) is 0.710. The van der Waals surface area contributed by atoms with Crippen LogP contribution in [-0.4, -0.2) is 17.4 Å². The Morgan fingerprint density at radius 1 is 1.28 bits per heavy atom. The quantitative estimate of drug-likeness (QED) is 0.814. The van der Waals surface area contributed by atoms with Crippen LogP contribution in [0.4, 0.5) is 4.39 Å². The average Bonchev–Trinajstić information content (AvgIpc) is 2.84. The molecule has 2 aromatic rings. The lowest BCUT2D eigenvalue weighted by Crippen LogP contribution is -2.44. The van der Waals surface area contributed by atoms with Crippen molar-refractivity contribution in [2.45, 2.75) is 12.5 Å². The molecule has 3 nitrogen and oxygen atoms in total. The van der Waals surface area contributed by atoms with E-state index in [2.05, 4.69) is 0 Å². The lowest BCUT2D eigenvalue weighted by molar-refractivity contribution is 0.0428. The zero-order valence-corrected chi connectivity index (χ0v) is 9.67. The molecule has 2 heterocycles. The zero-order chi connectivity index (χ0) is 12.5. The van der Waals surface area contributed by atoms with Gasteiger partial charge < -0.3 is 9.32 Å². The van der Waals surface area contributed by atoms with Crippen LogP contribution >= 0.6 is 0 Å². The SMILES string of the molecule is O=C(c1ccco1)N1CCC1c1ccc(F)cc1. The second-order valence-electron chi connectivity index (χ2n) is 4.33. The third-order valence-corrected chi connectivity index (χ3v) is 3.27. The Bertz CT molecular complexity index is 548. The Kier molecular flexibility index (Phi) is 2.63. The van der Waals surface area contributed by atoms with Gasteiger partial charge in [0.1, 0.15) is 5.82 Å². The van der Waals surface area contributed by atoms with E-state index >= 15 is 0 Å². The van der Waals surface area contributed by atoms with Crippen LogP contribution in [0.5, 0.6) is 0 Å². The molecule has 92 valence electrons. The maximum Gasteiger partial charge on any atom is 0.290 e. The molecule has 4 heteroatoms. The molecular formula is C14H12FNO2. The number of benzene rings is 1. The minimum Gasteiger partial charge on any atom is -0.459 e. The summed E-state index contributed by atoms with van der Waals surface area (Å²) in [5, 5.41) is 0. The Balaban J connectivity index is 1.79. The molecule has 0 N–H and O–H groups in total. The molecular weight excluding hydrogens is 233 g/mol. The van der Waals surface area contributed by atoms with E-state index in [1.165, 1.54) is 18.4 Å². The van der Waals surface area contributed by atoms with Crippen LogP contribution in [0.25, 0.3) is 0 Å². The average molecular weight is 245 g/mol. The molecule has 1 aromatic heterocycles. The summed E-state index contributed by atoms with van der Waals surface area (Å²) in [7, 11) is 0. The first-order valence-electron chi connectivity index (χ1n) is 5.85. The van der Waals surface area contributed by atoms with Gasteiger partial charge >= 0.3 is 0 Å². The maximum atomic E-state index is 12.9. The summed E-state index contributed by atoms with van der Waals surface area (Å²) < 4.78 is 18.0. The van der Waals surface area contributed by atoms with Crippen molar-refractivity contribution in [3.63, 3.8) is 0 Å². The van der Waals surface area contributed by atoms with E-state index in [1.54, 1.807) is 29.2 Å². The van der Waals surface area contributed by atoms with Crippen molar-refractivity contribution < 1.29 is 13.6 Å². The third kappa shape index (κ3) is 1.79. The summed E-state index contributed by atoms with van der Waals surface area (Å²) in [4.78, 5) is 13.8. The van der Waals surface area contributed by atoms with Gasteiger partial charge in [0.25, 0.3) is 5.91 Å². The number of halogens is 1. The van der Waals surface area contributed by atoms with E-state index in [1.807, 2.05) is 0 Å². The van der Waals surface area contributed by atoms with E-state index in [0.29, 0.717) is 12.3 Å². The van der Waals surface area contributed by atoms with Gasteiger partial charge in [0.15, 0.2) is 5.76 Å². The fourth-order valence-electron chi connectivity index (χ4n) is 2.20. The van der Waals surface area contributed by atoms with Crippen LogP contribution in [-0.2, 0) is 0 Å². The summed E-state index contributed by atoms with van der Waals surface area (Å²) in [5.74, 6) is -0.0237. The van der Waals surface area contributed by atoms with Crippen molar-refractivity contribution in [2.75, 3.05) is 6.54 Å². The third-order valence-electron chi connectivity index (χ3n) is 3.27. The van der Waals surface area contributed by atoms with Gasteiger partial charge in [-0.25, -0.2) is 4.39 Å². The number of furan rings is 1. The largest absolute Gasteiger partial charge is 0.459 e. The van der Waals surface area contributed by atoms with Crippen molar-refractivity contribution in [3.05, 3.63) is 59.8 Å². The lowest BCUT2D eigenvalue weighted by Gasteiger charge is -2.40. The number of hydrogen-bond donors (Lipinski definition) is 0. The van der Waals surface area contributed by atoms with E-state index in [9.17, 15) is 9.18 Å². The number of nitrogens with zero attached hydrogens (tertiary/aromatic N) is 1. The van der Waals surface area contributed by atoms with Gasteiger partial charge in [-0.05, 0) is 36.2 Å². The standard InChI is InChI=1S/C14H12FNO2/c15-11-5-3-10(4-6-11)12-7-8-16(12)14(17)13-2-1-9-18-13/h1-6,9,12H,7-8H2. The molecule has 3 rings (SSSR count). The molecule has 18 heavy (non-hydrogen) atoms. The predicted octanol–water partition coefficient (Wildman–Crippen LogP) is 3.01. The van der Waals surface area contributed by atoms with Gasteiger partial charge in [-0.3, -0.25) is 4.79 Å².